The molecule has 0 aromatic heterocycles. The molecule has 1 amide bonds. The molecule has 2 aromatic rings. The van der Waals surface area contributed by atoms with E-state index < -0.39 is 17.9 Å². The molecule has 3 N–H and O–H groups in total. The number of hydroxylamine groups is 1. The van der Waals surface area contributed by atoms with E-state index in [0.29, 0.717) is 34.1 Å². The SMILES string of the molecule is COc1ccc(C2=NC(C(=O)NCCC(=O)O)=C(c3ccc(OC)cc3)C3NON=C23)cc1. The number of benzene rings is 2. The monoisotopic (exact) mass is 450 g/mol. The van der Waals surface area contributed by atoms with Crippen molar-refractivity contribution in [1.82, 2.24) is 10.8 Å². The average molecular weight is 450 g/mol. The van der Waals surface area contributed by atoms with Crippen LogP contribution >= 0.6 is 0 Å². The van der Waals surface area contributed by atoms with Crippen molar-refractivity contribution in [2.45, 2.75) is 12.5 Å². The molecule has 33 heavy (non-hydrogen) atoms. The first-order chi connectivity index (χ1) is 16.0. The second-order valence-corrected chi connectivity index (χ2v) is 7.20. The summed E-state index contributed by atoms with van der Waals surface area (Å²) in [7, 11) is 3.14. The maximum atomic E-state index is 13.1. The van der Waals surface area contributed by atoms with E-state index in [4.69, 9.17) is 19.5 Å². The third-order valence-corrected chi connectivity index (χ3v) is 5.20. The van der Waals surface area contributed by atoms with Gasteiger partial charge in [0, 0.05) is 17.7 Å². The van der Waals surface area contributed by atoms with Gasteiger partial charge >= 0.3 is 5.97 Å². The zero-order chi connectivity index (χ0) is 23.4. The molecule has 0 saturated heterocycles. The third-order valence-electron chi connectivity index (χ3n) is 5.20. The summed E-state index contributed by atoms with van der Waals surface area (Å²) in [6.07, 6.45) is -0.205. The molecule has 10 heteroatoms. The fourth-order valence-electron chi connectivity index (χ4n) is 3.55. The Morgan fingerprint density at radius 2 is 1.64 bits per heavy atom. The van der Waals surface area contributed by atoms with Crippen LogP contribution in [0.2, 0.25) is 0 Å². The molecule has 10 nitrogen and oxygen atoms in total. The van der Waals surface area contributed by atoms with Gasteiger partial charge in [0.1, 0.15) is 28.9 Å². The first-order valence-electron chi connectivity index (χ1n) is 10.1. The van der Waals surface area contributed by atoms with Crippen LogP contribution in [0.25, 0.3) is 5.57 Å². The number of hydrogen-bond acceptors (Lipinski definition) is 8. The van der Waals surface area contributed by atoms with E-state index >= 15 is 0 Å². The van der Waals surface area contributed by atoms with Crippen LogP contribution in [0.3, 0.4) is 0 Å². The molecule has 1 unspecified atom stereocenters. The molecule has 0 radical (unpaired) electrons. The molecule has 2 aromatic carbocycles. The Kier molecular flexibility index (Phi) is 6.36. The van der Waals surface area contributed by atoms with E-state index in [9.17, 15) is 9.59 Å². The summed E-state index contributed by atoms with van der Waals surface area (Å²) in [5.41, 5.74) is 5.96. The van der Waals surface area contributed by atoms with Crippen molar-refractivity contribution >= 4 is 28.9 Å². The van der Waals surface area contributed by atoms with Crippen molar-refractivity contribution in [2.24, 2.45) is 10.1 Å². The Balaban J connectivity index is 1.81. The lowest BCUT2D eigenvalue weighted by molar-refractivity contribution is -0.136. The van der Waals surface area contributed by atoms with E-state index in [0.717, 1.165) is 5.56 Å². The molecule has 0 bridgehead atoms. The van der Waals surface area contributed by atoms with Crippen LogP contribution < -0.4 is 20.3 Å². The van der Waals surface area contributed by atoms with Gasteiger partial charge in [0.25, 0.3) is 5.91 Å². The van der Waals surface area contributed by atoms with Gasteiger partial charge in [0.05, 0.1) is 26.4 Å². The third kappa shape index (κ3) is 4.55. The van der Waals surface area contributed by atoms with Gasteiger partial charge in [-0.25, -0.2) is 4.99 Å². The number of carboxylic acids is 1. The highest BCUT2D eigenvalue weighted by Crippen LogP contribution is 2.33. The number of aliphatic carboxylic acids is 1. The van der Waals surface area contributed by atoms with Crippen LogP contribution in [-0.2, 0) is 14.5 Å². The fraction of sp³-hybridized carbons (Fsp3) is 0.217. The van der Waals surface area contributed by atoms with E-state index in [1.807, 2.05) is 24.3 Å². The van der Waals surface area contributed by atoms with Gasteiger partial charge in [-0.1, -0.05) is 17.3 Å². The number of methoxy groups -OCH3 is 2. The zero-order valence-electron chi connectivity index (χ0n) is 18.0. The van der Waals surface area contributed by atoms with E-state index in [2.05, 4.69) is 20.9 Å². The largest absolute Gasteiger partial charge is 0.497 e. The van der Waals surface area contributed by atoms with Crippen molar-refractivity contribution in [3.8, 4) is 11.5 Å². The molecule has 170 valence electrons. The number of nitrogens with zero attached hydrogens (tertiary/aromatic N) is 2. The summed E-state index contributed by atoms with van der Waals surface area (Å²) in [6, 6.07) is 13.8. The van der Waals surface area contributed by atoms with E-state index in [-0.39, 0.29) is 18.7 Å². The number of carbonyl (C=O) groups is 2. The molecule has 4 rings (SSSR count). The minimum absolute atomic E-state index is 0.0313. The molecular formula is C23H22N4O6. The van der Waals surface area contributed by atoms with Crippen LogP contribution in [0.15, 0.2) is 64.4 Å². The second-order valence-electron chi connectivity index (χ2n) is 7.20. The Morgan fingerprint density at radius 3 is 2.21 bits per heavy atom. The standard InChI is InChI=1S/C23H22N4O6/c1-31-15-7-3-13(4-8-15)18-20-22(27-33-26-20)19(14-5-9-16(32-2)10-6-14)25-21(18)23(30)24-12-11-17(28)29/h3-10,20,26H,11-12H2,1-2H3,(H,24,30)(H,28,29). The van der Waals surface area contributed by atoms with Crippen LogP contribution in [0.4, 0.5) is 0 Å². The zero-order valence-corrected chi connectivity index (χ0v) is 18.0. The highest BCUT2D eigenvalue weighted by molar-refractivity contribution is 6.53. The number of rotatable bonds is 8. The van der Waals surface area contributed by atoms with Gasteiger partial charge in [0.2, 0.25) is 0 Å². The summed E-state index contributed by atoms with van der Waals surface area (Å²) in [6.45, 7) is -0.0313. The lowest BCUT2D eigenvalue weighted by Gasteiger charge is -2.24. The van der Waals surface area contributed by atoms with Gasteiger partial charge in [0.15, 0.2) is 0 Å². The highest BCUT2D eigenvalue weighted by Gasteiger charge is 2.39. The number of carboxylic acid groups (broad SMARTS) is 1. The fourth-order valence-corrected chi connectivity index (χ4v) is 3.55. The maximum Gasteiger partial charge on any atom is 0.305 e. The van der Waals surface area contributed by atoms with Crippen molar-refractivity contribution in [2.75, 3.05) is 20.8 Å². The second kappa shape index (κ2) is 9.53. The van der Waals surface area contributed by atoms with Gasteiger partial charge in [-0.15, -0.1) is 5.48 Å². The molecule has 0 saturated carbocycles. The molecule has 0 spiro atoms. The first-order valence-corrected chi connectivity index (χ1v) is 10.1. The smallest absolute Gasteiger partial charge is 0.305 e. The Morgan fingerprint density at radius 1 is 1.03 bits per heavy atom. The highest BCUT2D eigenvalue weighted by atomic mass is 16.8. The summed E-state index contributed by atoms with van der Waals surface area (Å²) >= 11 is 0. The molecule has 2 aliphatic heterocycles. The lowest BCUT2D eigenvalue weighted by Crippen LogP contribution is -2.41. The minimum atomic E-state index is -1.01. The molecule has 0 fully saturated rings. The predicted octanol–water partition coefficient (Wildman–Crippen LogP) is 1.77. The van der Waals surface area contributed by atoms with Crippen LogP contribution in [0.5, 0.6) is 11.5 Å². The first kappa shape index (κ1) is 22.0. The molecular weight excluding hydrogens is 428 g/mol. The van der Waals surface area contributed by atoms with Crippen molar-refractivity contribution < 1.29 is 29.1 Å². The number of aliphatic imine (C=N–C) groups is 1. The van der Waals surface area contributed by atoms with Crippen molar-refractivity contribution in [3.63, 3.8) is 0 Å². The maximum absolute atomic E-state index is 13.1. The number of oxime groups is 1. The van der Waals surface area contributed by atoms with Gasteiger partial charge in [-0.2, -0.15) is 0 Å². The summed E-state index contributed by atoms with van der Waals surface area (Å²) < 4.78 is 10.5. The average Bonchev–Trinajstić information content (AvgIpc) is 3.33. The number of amides is 1. The Labute approximate surface area is 189 Å². The number of hydrogen-bond donors (Lipinski definition) is 3. The summed E-state index contributed by atoms with van der Waals surface area (Å²) in [5.74, 6) is -0.169. The number of ether oxygens (including phenoxy) is 2. The van der Waals surface area contributed by atoms with Crippen LogP contribution in [-0.4, -0.2) is 55.2 Å². The Bertz CT molecular complexity index is 1150. The number of carbonyl (C=O) groups excluding carboxylic acids is 1. The molecule has 2 aliphatic rings. The van der Waals surface area contributed by atoms with E-state index in [1.54, 1.807) is 38.5 Å². The lowest BCUT2D eigenvalue weighted by atomic mass is 9.87. The normalized spacial score (nSPS) is 16.8. The minimum Gasteiger partial charge on any atom is -0.497 e. The summed E-state index contributed by atoms with van der Waals surface area (Å²) in [4.78, 5) is 33.9. The van der Waals surface area contributed by atoms with Gasteiger partial charge in [-0.05, 0) is 42.0 Å². The van der Waals surface area contributed by atoms with Gasteiger partial charge < -0.3 is 19.9 Å². The topological polar surface area (TPSA) is 131 Å². The predicted molar refractivity (Wildman–Crippen MR) is 120 cm³/mol. The molecule has 0 aliphatic carbocycles. The van der Waals surface area contributed by atoms with Gasteiger partial charge in [-0.3, -0.25) is 14.5 Å². The van der Waals surface area contributed by atoms with Crippen molar-refractivity contribution in [3.05, 3.63) is 65.4 Å². The van der Waals surface area contributed by atoms with Crippen LogP contribution in [0.1, 0.15) is 17.5 Å². The molecule has 1 atom stereocenters. The quantitative estimate of drug-likeness (QED) is 0.559. The van der Waals surface area contributed by atoms with Crippen molar-refractivity contribution in [1.29, 1.82) is 0 Å². The Hall–Kier alpha value is -4.18. The van der Waals surface area contributed by atoms with E-state index in [1.165, 1.54) is 0 Å². The number of nitrogens with one attached hydrogen (secondary N) is 2. The molecule has 2 heterocycles. The van der Waals surface area contributed by atoms with Crippen LogP contribution in [0, 0.1) is 0 Å². The summed E-state index contributed by atoms with van der Waals surface area (Å²) in [5, 5.41) is 15.7. The number of fused-ring (bicyclic) bond motifs is 1.